The number of halogens is 3. The zero-order valence-corrected chi connectivity index (χ0v) is 12.9. The first-order chi connectivity index (χ1) is 10.1. The van der Waals surface area contributed by atoms with Crippen LogP contribution in [0.15, 0.2) is 34.8 Å². The van der Waals surface area contributed by atoms with Crippen molar-refractivity contribution >= 4 is 15.9 Å². The fourth-order valence-corrected chi connectivity index (χ4v) is 2.18. The fraction of sp³-hybridized carbons (Fsp3) is 0.200. The third-order valence-electron chi connectivity index (χ3n) is 2.97. The Hall–Kier alpha value is -1.66. The Bertz CT molecular complexity index is 650. The van der Waals surface area contributed by atoms with E-state index in [9.17, 15) is 8.78 Å². The summed E-state index contributed by atoms with van der Waals surface area (Å²) in [5, 5.41) is 0. The van der Waals surface area contributed by atoms with Crippen LogP contribution in [0.2, 0.25) is 0 Å². The van der Waals surface area contributed by atoms with Crippen LogP contribution in [0.5, 0.6) is 11.5 Å². The van der Waals surface area contributed by atoms with Crippen molar-refractivity contribution in [1.29, 1.82) is 0 Å². The first-order valence-corrected chi connectivity index (χ1v) is 6.98. The fourth-order valence-electron chi connectivity index (χ4n) is 1.81. The van der Waals surface area contributed by atoms with E-state index in [1.165, 1.54) is 19.2 Å². The standard InChI is InChI=1S/C15H14BrF2NO2/c1-20-14-6-9(7-19)2-5-13(14)21-8-10-12(17)4-3-11(16)15(10)18/h2-6H,7-8,19H2,1H3. The maximum atomic E-state index is 13.9. The zero-order chi connectivity index (χ0) is 15.4. The topological polar surface area (TPSA) is 44.5 Å². The van der Waals surface area contributed by atoms with E-state index in [-0.39, 0.29) is 16.6 Å². The average molecular weight is 358 g/mol. The first kappa shape index (κ1) is 15.7. The van der Waals surface area contributed by atoms with E-state index in [4.69, 9.17) is 15.2 Å². The summed E-state index contributed by atoms with van der Waals surface area (Å²) in [6.07, 6.45) is 0. The quantitative estimate of drug-likeness (QED) is 0.828. The third-order valence-corrected chi connectivity index (χ3v) is 3.59. The van der Waals surface area contributed by atoms with Crippen LogP contribution in [0.3, 0.4) is 0 Å². The first-order valence-electron chi connectivity index (χ1n) is 6.19. The molecular weight excluding hydrogens is 344 g/mol. The smallest absolute Gasteiger partial charge is 0.161 e. The van der Waals surface area contributed by atoms with Crippen molar-refractivity contribution in [2.75, 3.05) is 7.11 Å². The van der Waals surface area contributed by atoms with Crippen LogP contribution in [-0.2, 0) is 13.2 Å². The van der Waals surface area contributed by atoms with Crippen LogP contribution in [0.1, 0.15) is 11.1 Å². The van der Waals surface area contributed by atoms with Crippen molar-refractivity contribution in [3.63, 3.8) is 0 Å². The molecule has 0 saturated heterocycles. The minimum absolute atomic E-state index is 0.144. The van der Waals surface area contributed by atoms with E-state index in [1.807, 2.05) is 0 Å². The van der Waals surface area contributed by atoms with E-state index >= 15 is 0 Å². The number of rotatable bonds is 5. The van der Waals surface area contributed by atoms with Crippen LogP contribution >= 0.6 is 15.9 Å². The Morgan fingerprint density at radius 2 is 1.90 bits per heavy atom. The van der Waals surface area contributed by atoms with E-state index in [0.717, 1.165) is 5.56 Å². The summed E-state index contributed by atoms with van der Waals surface area (Å²) in [6, 6.07) is 7.65. The van der Waals surface area contributed by atoms with Gasteiger partial charge in [-0.15, -0.1) is 0 Å². The number of methoxy groups -OCH3 is 1. The zero-order valence-electron chi connectivity index (χ0n) is 11.3. The minimum atomic E-state index is -0.674. The SMILES string of the molecule is COc1cc(CN)ccc1OCc1c(F)ccc(Br)c1F. The van der Waals surface area contributed by atoms with Gasteiger partial charge >= 0.3 is 0 Å². The van der Waals surface area contributed by atoms with E-state index in [1.54, 1.807) is 18.2 Å². The van der Waals surface area contributed by atoms with E-state index in [0.29, 0.717) is 18.0 Å². The summed E-state index contributed by atoms with van der Waals surface area (Å²) < 4.78 is 38.3. The van der Waals surface area contributed by atoms with Crippen LogP contribution in [0.25, 0.3) is 0 Å². The molecule has 6 heteroatoms. The molecule has 0 unspecified atom stereocenters. The molecule has 0 saturated carbocycles. The Morgan fingerprint density at radius 3 is 2.57 bits per heavy atom. The Labute approximate surface area is 129 Å². The Morgan fingerprint density at radius 1 is 1.14 bits per heavy atom. The summed E-state index contributed by atoms with van der Waals surface area (Å²) in [6.45, 7) is 0.126. The molecule has 2 N–H and O–H groups in total. The van der Waals surface area contributed by atoms with Gasteiger partial charge < -0.3 is 15.2 Å². The predicted octanol–water partition coefficient (Wildman–Crippen LogP) is 3.77. The maximum Gasteiger partial charge on any atom is 0.161 e. The molecule has 0 aromatic heterocycles. The molecule has 2 aromatic carbocycles. The number of nitrogens with two attached hydrogens (primary N) is 1. The van der Waals surface area contributed by atoms with Gasteiger partial charge in [0.15, 0.2) is 11.5 Å². The molecule has 0 amide bonds. The molecule has 0 aliphatic heterocycles. The molecule has 0 heterocycles. The van der Waals surface area contributed by atoms with E-state index in [2.05, 4.69) is 15.9 Å². The molecule has 0 aliphatic carbocycles. The van der Waals surface area contributed by atoms with Gasteiger partial charge in [-0.25, -0.2) is 8.78 Å². The highest BCUT2D eigenvalue weighted by molar-refractivity contribution is 9.10. The molecule has 21 heavy (non-hydrogen) atoms. The second-order valence-corrected chi connectivity index (χ2v) is 5.15. The molecule has 2 aromatic rings. The number of benzene rings is 2. The lowest BCUT2D eigenvalue weighted by molar-refractivity contribution is 0.273. The normalized spacial score (nSPS) is 10.5. The van der Waals surface area contributed by atoms with Gasteiger partial charge in [0.05, 0.1) is 17.1 Å². The highest BCUT2D eigenvalue weighted by atomic mass is 79.9. The molecule has 0 fully saturated rings. The summed E-state index contributed by atoms with van der Waals surface area (Å²) >= 11 is 3.02. The second-order valence-electron chi connectivity index (χ2n) is 4.30. The number of hydrogen-bond acceptors (Lipinski definition) is 3. The summed E-state index contributed by atoms with van der Waals surface area (Å²) in [4.78, 5) is 0. The summed E-state index contributed by atoms with van der Waals surface area (Å²) in [5.41, 5.74) is 6.27. The minimum Gasteiger partial charge on any atom is -0.493 e. The van der Waals surface area contributed by atoms with Crippen molar-refractivity contribution in [1.82, 2.24) is 0 Å². The van der Waals surface area contributed by atoms with Crippen LogP contribution in [0.4, 0.5) is 8.78 Å². The van der Waals surface area contributed by atoms with Gasteiger partial charge in [0.2, 0.25) is 0 Å². The lowest BCUT2D eigenvalue weighted by atomic mass is 10.2. The summed E-state index contributed by atoms with van der Waals surface area (Å²) in [5.74, 6) is -0.469. The van der Waals surface area contributed by atoms with Crippen LogP contribution in [-0.4, -0.2) is 7.11 Å². The van der Waals surface area contributed by atoms with Crippen molar-refractivity contribution in [3.8, 4) is 11.5 Å². The monoisotopic (exact) mass is 357 g/mol. The van der Waals surface area contributed by atoms with Crippen molar-refractivity contribution in [3.05, 3.63) is 57.6 Å². The molecule has 0 radical (unpaired) electrons. The maximum absolute atomic E-state index is 13.9. The van der Waals surface area contributed by atoms with Crippen molar-refractivity contribution in [2.45, 2.75) is 13.2 Å². The van der Waals surface area contributed by atoms with E-state index < -0.39 is 11.6 Å². The number of ether oxygens (including phenoxy) is 2. The molecule has 0 bridgehead atoms. The van der Waals surface area contributed by atoms with Crippen molar-refractivity contribution in [2.24, 2.45) is 5.73 Å². The van der Waals surface area contributed by atoms with Gasteiger partial charge in [-0.05, 0) is 45.8 Å². The molecular formula is C15H14BrF2NO2. The second kappa shape index (κ2) is 6.87. The van der Waals surface area contributed by atoms with Gasteiger partial charge in [-0.2, -0.15) is 0 Å². The molecule has 0 aliphatic rings. The summed E-state index contributed by atoms with van der Waals surface area (Å²) in [7, 11) is 1.49. The Kier molecular flexibility index (Phi) is 5.14. The molecule has 2 rings (SSSR count). The van der Waals surface area contributed by atoms with Gasteiger partial charge in [0.1, 0.15) is 18.2 Å². The van der Waals surface area contributed by atoms with Crippen LogP contribution < -0.4 is 15.2 Å². The van der Waals surface area contributed by atoms with Gasteiger partial charge in [-0.1, -0.05) is 6.07 Å². The van der Waals surface area contributed by atoms with Gasteiger partial charge in [0, 0.05) is 6.54 Å². The molecule has 112 valence electrons. The van der Waals surface area contributed by atoms with Crippen molar-refractivity contribution < 1.29 is 18.3 Å². The molecule has 0 spiro atoms. The lowest BCUT2D eigenvalue weighted by Crippen LogP contribution is -2.04. The largest absolute Gasteiger partial charge is 0.493 e. The third kappa shape index (κ3) is 3.51. The lowest BCUT2D eigenvalue weighted by Gasteiger charge is -2.13. The average Bonchev–Trinajstić information content (AvgIpc) is 2.51. The van der Waals surface area contributed by atoms with Crippen LogP contribution in [0, 0.1) is 11.6 Å². The molecule has 3 nitrogen and oxygen atoms in total. The number of hydrogen-bond donors (Lipinski definition) is 1. The predicted molar refractivity (Wildman–Crippen MR) is 79.3 cm³/mol. The molecule has 0 atom stereocenters. The highest BCUT2D eigenvalue weighted by Gasteiger charge is 2.14. The van der Waals surface area contributed by atoms with Gasteiger partial charge in [-0.3, -0.25) is 0 Å². The van der Waals surface area contributed by atoms with Gasteiger partial charge in [0.25, 0.3) is 0 Å². The Balaban J connectivity index is 2.22. The highest BCUT2D eigenvalue weighted by Crippen LogP contribution is 2.30.